The van der Waals surface area contributed by atoms with Gasteiger partial charge in [-0.3, -0.25) is 30.6 Å². The van der Waals surface area contributed by atoms with Gasteiger partial charge in [0.1, 0.15) is 5.69 Å². The summed E-state index contributed by atoms with van der Waals surface area (Å²) in [5.74, 6) is -1.06. The van der Waals surface area contributed by atoms with E-state index in [1.165, 1.54) is 12.1 Å². The fraction of sp³-hybridized carbons (Fsp3) is 0.333. The highest BCUT2D eigenvalue weighted by atomic mass is 16.6. The van der Waals surface area contributed by atoms with Crippen molar-refractivity contribution in [2.24, 2.45) is 0 Å². The lowest BCUT2D eigenvalue weighted by Crippen LogP contribution is -2.44. The van der Waals surface area contributed by atoms with Crippen LogP contribution in [0, 0.1) is 24.0 Å². The van der Waals surface area contributed by atoms with Gasteiger partial charge in [-0.05, 0) is 50.5 Å². The number of anilines is 2. The second-order valence-electron chi connectivity index (χ2n) is 7.33. The summed E-state index contributed by atoms with van der Waals surface area (Å²) in [7, 11) is 0. The van der Waals surface area contributed by atoms with Crippen LogP contribution in [0.25, 0.3) is 0 Å². The number of nitrogens with zero attached hydrogens (tertiary/aromatic N) is 2. The Morgan fingerprint density at radius 1 is 1.07 bits per heavy atom. The molecule has 1 aliphatic heterocycles. The van der Waals surface area contributed by atoms with E-state index < -0.39 is 16.7 Å². The van der Waals surface area contributed by atoms with Crippen molar-refractivity contribution < 1.29 is 14.5 Å². The van der Waals surface area contributed by atoms with Gasteiger partial charge in [0.15, 0.2) is 0 Å². The largest absolute Gasteiger partial charge is 0.376 e. The molecule has 3 rings (SSSR count). The van der Waals surface area contributed by atoms with Crippen LogP contribution in [-0.2, 0) is 4.79 Å². The number of hydrogen-bond donors (Lipinski definition) is 3. The minimum absolute atomic E-state index is 0.0295. The van der Waals surface area contributed by atoms with E-state index in [9.17, 15) is 19.7 Å². The molecule has 30 heavy (non-hydrogen) atoms. The number of nitro groups is 1. The quantitative estimate of drug-likeness (QED) is 0.497. The molecule has 2 amide bonds. The van der Waals surface area contributed by atoms with Crippen LogP contribution in [0.4, 0.5) is 17.1 Å². The number of hydrogen-bond acceptors (Lipinski definition) is 6. The summed E-state index contributed by atoms with van der Waals surface area (Å²) in [6, 6.07) is 10.2. The van der Waals surface area contributed by atoms with E-state index in [4.69, 9.17) is 0 Å². The lowest BCUT2D eigenvalue weighted by molar-refractivity contribution is -0.384. The monoisotopic (exact) mass is 411 g/mol. The number of nitrogens with one attached hydrogen (secondary N) is 3. The average molecular weight is 411 g/mol. The van der Waals surface area contributed by atoms with Crippen LogP contribution in [0.3, 0.4) is 0 Å². The lowest BCUT2D eigenvalue weighted by atomic mass is 10.1. The average Bonchev–Trinajstić information content (AvgIpc) is 3.25. The van der Waals surface area contributed by atoms with Crippen molar-refractivity contribution in [1.82, 2.24) is 10.9 Å². The smallest absolute Gasteiger partial charge is 0.293 e. The third kappa shape index (κ3) is 5.05. The zero-order chi connectivity index (χ0) is 21.7. The van der Waals surface area contributed by atoms with E-state index in [0.717, 1.165) is 42.7 Å². The van der Waals surface area contributed by atoms with Crippen LogP contribution < -0.4 is 21.1 Å². The number of benzene rings is 2. The predicted molar refractivity (Wildman–Crippen MR) is 115 cm³/mol. The maximum absolute atomic E-state index is 12.3. The first-order chi connectivity index (χ1) is 14.3. The Bertz CT molecular complexity index is 970. The number of carbonyl (C=O) groups is 2. The molecule has 1 saturated heterocycles. The Kier molecular flexibility index (Phi) is 6.51. The number of aryl methyl sites for hydroxylation is 2. The van der Waals surface area contributed by atoms with Gasteiger partial charge in [0, 0.05) is 30.4 Å². The van der Waals surface area contributed by atoms with E-state index in [1.807, 2.05) is 36.9 Å². The lowest BCUT2D eigenvalue weighted by Gasteiger charge is -2.18. The van der Waals surface area contributed by atoms with Crippen molar-refractivity contribution in [2.75, 3.05) is 29.9 Å². The molecule has 1 aliphatic rings. The molecule has 1 heterocycles. The molecular formula is C21H25N5O4. The Balaban J connectivity index is 1.58. The van der Waals surface area contributed by atoms with Crippen molar-refractivity contribution in [2.45, 2.75) is 26.7 Å². The van der Waals surface area contributed by atoms with Gasteiger partial charge in [0.05, 0.1) is 11.5 Å². The summed E-state index contributed by atoms with van der Waals surface area (Å²) in [6.07, 6.45) is 1.98. The first kappa shape index (κ1) is 21.1. The van der Waals surface area contributed by atoms with Gasteiger partial charge in [0.25, 0.3) is 17.5 Å². The number of rotatable bonds is 6. The maximum atomic E-state index is 12.3. The molecule has 0 atom stereocenters. The van der Waals surface area contributed by atoms with Crippen molar-refractivity contribution in [3.05, 3.63) is 63.2 Å². The number of nitro benzene ring substituents is 1. The van der Waals surface area contributed by atoms with Gasteiger partial charge >= 0.3 is 0 Å². The molecule has 0 aromatic heterocycles. The van der Waals surface area contributed by atoms with Crippen LogP contribution in [0.15, 0.2) is 36.4 Å². The molecular weight excluding hydrogens is 386 g/mol. The maximum Gasteiger partial charge on any atom is 0.293 e. The molecule has 3 N–H and O–H groups in total. The zero-order valence-electron chi connectivity index (χ0n) is 17.0. The molecule has 0 spiro atoms. The standard InChI is InChI=1S/C21H25N5O4/c1-14-5-7-17(15(2)11-14)22-13-20(27)23-24-21(28)16-6-8-18(19(12-16)26(29)30)25-9-3-4-10-25/h5-8,11-12,22H,3-4,9-10,13H2,1-2H3,(H,23,27)(H,24,28). The molecule has 0 radical (unpaired) electrons. The van der Waals surface area contributed by atoms with Crippen molar-refractivity contribution in [1.29, 1.82) is 0 Å². The SMILES string of the molecule is Cc1ccc(NCC(=O)NNC(=O)c2ccc(N3CCCC3)c([N+](=O)[O-])c2)c(C)c1. The minimum Gasteiger partial charge on any atom is -0.376 e. The topological polar surface area (TPSA) is 117 Å². The molecule has 9 nitrogen and oxygen atoms in total. The second kappa shape index (κ2) is 9.25. The van der Waals surface area contributed by atoms with Crippen molar-refractivity contribution >= 4 is 28.9 Å². The number of amides is 2. The Hall–Kier alpha value is -3.62. The summed E-state index contributed by atoms with van der Waals surface area (Å²) < 4.78 is 0. The van der Waals surface area contributed by atoms with E-state index in [-0.39, 0.29) is 17.8 Å². The molecule has 2 aromatic rings. The van der Waals surface area contributed by atoms with Gasteiger partial charge in [-0.2, -0.15) is 0 Å². The third-order valence-corrected chi connectivity index (χ3v) is 5.02. The molecule has 0 aliphatic carbocycles. The van der Waals surface area contributed by atoms with Crippen LogP contribution in [-0.4, -0.2) is 36.4 Å². The third-order valence-electron chi connectivity index (χ3n) is 5.02. The van der Waals surface area contributed by atoms with Crippen molar-refractivity contribution in [3.63, 3.8) is 0 Å². The fourth-order valence-corrected chi connectivity index (χ4v) is 3.47. The van der Waals surface area contributed by atoms with Crippen LogP contribution in [0.5, 0.6) is 0 Å². The van der Waals surface area contributed by atoms with Gasteiger partial charge in [0.2, 0.25) is 0 Å². The van der Waals surface area contributed by atoms with E-state index in [2.05, 4.69) is 16.2 Å². The summed E-state index contributed by atoms with van der Waals surface area (Å²) in [5.41, 5.74) is 8.08. The zero-order valence-corrected chi connectivity index (χ0v) is 17.0. The molecule has 2 aromatic carbocycles. The summed E-state index contributed by atoms with van der Waals surface area (Å²) in [6.45, 7) is 5.42. The van der Waals surface area contributed by atoms with Gasteiger partial charge in [-0.1, -0.05) is 17.7 Å². The van der Waals surface area contributed by atoms with E-state index in [0.29, 0.717) is 5.69 Å². The summed E-state index contributed by atoms with van der Waals surface area (Å²) >= 11 is 0. The summed E-state index contributed by atoms with van der Waals surface area (Å²) in [4.78, 5) is 37.3. The number of hydrazine groups is 1. The molecule has 0 unspecified atom stereocenters. The van der Waals surface area contributed by atoms with Gasteiger partial charge in [-0.15, -0.1) is 0 Å². The predicted octanol–water partition coefficient (Wildman–Crippen LogP) is 2.68. The highest BCUT2D eigenvalue weighted by Gasteiger charge is 2.24. The molecule has 0 saturated carbocycles. The van der Waals surface area contributed by atoms with Gasteiger partial charge < -0.3 is 10.2 Å². The van der Waals surface area contributed by atoms with Crippen LogP contribution in [0.2, 0.25) is 0 Å². The van der Waals surface area contributed by atoms with Crippen LogP contribution in [0.1, 0.15) is 34.3 Å². The molecule has 0 bridgehead atoms. The Morgan fingerprint density at radius 3 is 2.47 bits per heavy atom. The van der Waals surface area contributed by atoms with E-state index in [1.54, 1.807) is 6.07 Å². The highest BCUT2D eigenvalue weighted by Crippen LogP contribution is 2.31. The van der Waals surface area contributed by atoms with Crippen molar-refractivity contribution in [3.8, 4) is 0 Å². The fourth-order valence-electron chi connectivity index (χ4n) is 3.47. The molecule has 1 fully saturated rings. The second-order valence-corrected chi connectivity index (χ2v) is 7.33. The first-order valence-corrected chi connectivity index (χ1v) is 9.79. The van der Waals surface area contributed by atoms with Gasteiger partial charge in [-0.25, -0.2) is 0 Å². The highest BCUT2D eigenvalue weighted by molar-refractivity contribution is 5.97. The minimum atomic E-state index is -0.620. The van der Waals surface area contributed by atoms with Crippen LogP contribution >= 0.6 is 0 Å². The van der Waals surface area contributed by atoms with E-state index >= 15 is 0 Å². The summed E-state index contributed by atoms with van der Waals surface area (Å²) in [5, 5.41) is 14.5. The molecule has 158 valence electrons. The normalized spacial score (nSPS) is 13.1. The Morgan fingerprint density at radius 2 is 1.80 bits per heavy atom. The number of carbonyl (C=O) groups excluding carboxylic acids is 2. The Labute approximate surface area is 174 Å². The molecule has 9 heteroatoms. The first-order valence-electron chi connectivity index (χ1n) is 9.79.